The van der Waals surface area contributed by atoms with Crippen molar-refractivity contribution in [2.75, 3.05) is 17.2 Å². The fraction of sp³-hybridized carbons (Fsp3) is 0.207. The third-order valence-electron chi connectivity index (χ3n) is 6.21. The number of hydrogen-bond donors (Lipinski definition) is 3. The Balaban J connectivity index is 1.35. The number of benzene rings is 3. The molecule has 1 atom stereocenters. The molecule has 0 saturated carbocycles. The van der Waals surface area contributed by atoms with Crippen molar-refractivity contribution in [2.45, 2.75) is 32.2 Å². The Bertz CT molecular complexity index is 1270. The second kappa shape index (κ2) is 11.4. The van der Waals surface area contributed by atoms with Gasteiger partial charge in [0.15, 0.2) is 0 Å². The molecule has 1 aliphatic rings. The summed E-state index contributed by atoms with van der Waals surface area (Å²) in [5.41, 5.74) is 4.32. The summed E-state index contributed by atoms with van der Waals surface area (Å²) in [6, 6.07) is 21.2. The van der Waals surface area contributed by atoms with Crippen LogP contribution in [0.2, 0.25) is 0 Å². The van der Waals surface area contributed by atoms with Crippen LogP contribution in [0.5, 0.6) is 0 Å². The standard InChI is InChI=1S/C29H29N3O4/c1-20-18-22(12-16-26(20)31-29(36)30-24-6-3-2-4-7-24)19-27(33)32-17-5-8-25(32)15-11-21-9-13-23(14-10-21)28(34)35/h2-4,6-7,9-16,18,25H,5,8,17,19H2,1H3,(H,34,35)(H2,30,31,36)/b15-11+. The van der Waals surface area contributed by atoms with Crippen LogP contribution in [0.3, 0.4) is 0 Å². The van der Waals surface area contributed by atoms with E-state index in [9.17, 15) is 14.4 Å². The number of carboxylic acid groups (broad SMARTS) is 1. The minimum Gasteiger partial charge on any atom is -0.478 e. The highest BCUT2D eigenvalue weighted by Crippen LogP contribution is 2.23. The lowest BCUT2D eigenvalue weighted by Gasteiger charge is -2.22. The number of amides is 3. The first-order valence-corrected chi connectivity index (χ1v) is 11.9. The van der Waals surface area contributed by atoms with Crippen LogP contribution in [0, 0.1) is 6.92 Å². The summed E-state index contributed by atoms with van der Waals surface area (Å²) >= 11 is 0. The van der Waals surface area contributed by atoms with Crippen molar-refractivity contribution in [3.8, 4) is 0 Å². The van der Waals surface area contributed by atoms with Gasteiger partial charge in [-0.15, -0.1) is 0 Å². The average molecular weight is 484 g/mol. The van der Waals surface area contributed by atoms with Crippen molar-refractivity contribution in [3.63, 3.8) is 0 Å². The third-order valence-corrected chi connectivity index (χ3v) is 6.21. The van der Waals surface area contributed by atoms with E-state index in [0.717, 1.165) is 29.5 Å². The molecule has 0 spiro atoms. The first kappa shape index (κ1) is 24.7. The van der Waals surface area contributed by atoms with Crippen molar-refractivity contribution < 1.29 is 19.5 Å². The van der Waals surface area contributed by atoms with Crippen molar-refractivity contribution in [3.05, 3.63) is 101 Å². The molecule has 7 heteroatoms. The quantitative estimate of drug-likeness (QED) is 0.408. The summed E-state index contributed by atoms with van der Waals surface area (Å²) < 4.78 is 0. The molecule has 0 bridgehead atoms. The second-order valence-electron chi connectivity index (χ2n) is 8.85. The predicted octanol–water partition coefficient (Wildman–Crippen LogP) is 5.58. The minimum atomic E-state index is -0.951. The maximum atomic E-state index is 13.1. The molecule has 36 heavy (non-hydrogen) atoms. The number of nitrogens with zero attached hydrogens (tertiary/aromatic N) is 1. The molecule has 0 aromatic heterocycles. The number of carbonyl (C=O) groups excluding carboxylic acids is 2. The average Bonchev–Trinajstić information content (AvgIpc) is 3.34. The fourth-order valence-corrected chi connectivity index (χ4v) is 4.32. The molecule has 3 N–H and O–H groups in total. The zero-order valence-electron chi connectivity index (χ0n) is 20.1. The monoisotopic (exact) mass is 483 g/mol. The molecule has 1 fully saturated rings. The highest BCUT2D eigenvalue weighted by molar-refractivity contribution is 6.00. The van der Waals surface area contributed by atoms with Crippen LogP contribution in [0.25, 0.3) is 6.08 Å². The maximum absolute atomic E-state index is 13.1. The minimum absolute atomic E-state index is 0.0142. The van der Waals surface area contributed by atoms with Gasteiger partial charge >= 0.3 is 12.0 Å². The van der Waals surface area contributed by atoms with E-state index < -0.39 is 5.97 Å². The van der Waals surface area contributed by atoms with Gasteiger partial charge in [-0.05, 0) is 66.8 Å². The molecular formula is C29H29N3O4. The van der Waals surface area contributed by atoms with Gasteiger partial charge in [-0.25, -0.2) is 9.59 Å². The number of carbonyl (C=O) groups is 3. The lowest BCUT2D eigenvalue weighted by molar-refractivity contribution is -0.130. The number of carboxylic acids is 1. The Morgan fingerprint density at radius 2 is 1.75 bits per heavy atom. The van der Waals surface area contributed by atoms with Crippen molar-refractivity contribution in [2.24, 2.45) is 0 Å². The molecule has 3 amide bonds. The Hall–Kier alpha value is -4.39. The maximum Gasteiger partial charge on any atom is 0.335 e. The van der Waals surface area contributed by atoms with E-state index in [0.29, 0.717) is 17.9 Å². The van der Waals surface area contributed by atoms with Crippen LogP contribution in [-0.2, 0) is 11.2 Å². The summed E-state index contributed by atoms with van der Waals surface area (Å²) in [6.45, 7) is 2.62. The van der Waals surface area contributed by atoms with Gasteiger partial charge in [0.25, 0.3) is 0 Å². The van der Waals surface area contributed by atoms with Crippen LogP contribution in [0.1, 0.15) is 39.9 Å². The van der Waals surface area contributed by atoms with E-state index in [4.69, 9.17) is 5.11 Å². The number of aromatic carboxylic acids is 1. The van der Waals surface area contributed by atoms with Gasteiger partial charge < -0.3 is 20.6 Å². The van der Waals surface area contributed by atoms with Crippen molar-refractivity contribution in [1.82, 2.24) is 4.90 Å². The molecule has 1 unspecified atom stereocenters. The van der Waals surface area contributed by atoms with E-state index in [-0.39, 0.29) is 30.0 Å². The summed E-state index contributed by atoms with van der Waals surface area (Å²) in [5, 5.41) is 14.7. The number of nitrogens with one attached hydrogen (secondary N) is 2. The lowest BCUT2D eigenvalue weighted by atomic mass is 10.1. The number of urea groups is 1. The normalized spacial score (nSPS) is 15.1. The molecule has 1 aliphatic heterocycles. The molecular weight excluding hydrogens is 454 g/mol. The zero-order chi connectivity index (χ0) is 25.5. The molecule has 1 saturated heterocycles. The number of anilines is 2. The lowest BCUT2D eigenvalue weighted by Crippen LogP contribution is -2.35. The molecule has 184 valence electrons. The molecule has 4 rings (SSSR count). The Labute approximate surface area is 210 Å². The van der Waals surface area contributed by atoms with E-state index in [1.165, 1.54) is 0 Å². The topological polar surface area (TPSA) is 98.7 Å². The number of rotatable bonds is 7. The van der Waals surface area contributed by atoms with E-state index in [1.54, 1.807) is 24.3 Å². The summed E-state index contributed by atoms with van der Waals surface area (Å²) in [6.07, 6.45) is 6.08. The Morgan fingerprint density at radius 3 is 2.44 bits per heavy atom. The molecule has 0 radical (unpaired) electrons. The van der Waals surface area contributed by atoms with Gasteiger partial charge in [-0.3, -0.25) is 4.79 Å². The zero-order valence-corrected chi connectivity index (χ0v) is 20.1. The largest absolute Gasteiger partial charge is 0.478 e. The van der Waals surface area contributed by atoms with Gasteiger partial charge in [0.05, 0.1) is 18.0 Å². The molecule has 1 heterocycles. The Kier molecular flexibility index (Phi) is 7.80. The van der Waals surface area contributed by atoms with E-state index in [1.807, 2.05) is 72.5 Å². The summed E-state index contributed by atoms with van der Waals surface area (Å²) in [7, 11) is 0. The Morgan fingerprint density at radius 1 is 1.00 bits per heavy atom. The van der Waals surface area contributed by atoms with Crippen LogP contribution in [-0.4, -0.2) is 40.5 Å². The fourth-order valence-electron chi connectivity index (χ4n) is 4.32. The van der Waals surface area contributed by atoms with Crippen LogP contribution in [0.15, 0.2) is 78.9 Å². The first-order chi connectivity index (χ1) is 17.4. The van der Waals surface area contributed by atoms with E-state index in [2.05, 4.69) is 10.6 Å². The van der Waals surface area contributed by atoms with Crippen LogP contribution < -0.4 is 10.6 Å². The second-order valence-corrected chi connectivity index (χ2v) is 8.85. The number of likely N-dealkylation sites (tertiary alicyclic amines) is 1. The molecule has 3 aromatic rings. The predicted molar refractivity (Wildman–Crippen MR) is 141 cm³/mol. The molecule has 3 aromatic carbocycles. The smallest absolute Gasteiger partial charge is 0.335 e. The number of para-hydroxylation sites is 1. The summed E-state index contributed by atoms with van der Waals surface area (Å²) in [5.74, 6) is -0.891. The third kappa shape index (κ3) is 6.39. The van der Waals surface area contributed by atoms with Gasteiger partial charge in [-0.1, -0.05) is 54.6 Å². The van der Waals surface area contributed by atoms with Crippen LogP contribution in [0.4, 0.5) is 16.2 Å². The van der Waals surface area contributed by atoms with Gasteiger partial charge in [0.1, 0.15) is 0 Å². The highest BCUT2D eigenvalue weighted by Gasteiger charge is 2.26. The SMILES string of the molecule is Cc1cc(CC(=O)N2CCCC2/C=C/c2ccc(C(=O)O)cc2)ccc1NC(=O)Nc1ccccc1. The van der Waals surface area contributed by atoms with Crippen molar-refractivity contribution in [1.29, 1.82) is 0 Å². The first-order valence-electron chi connectivity index (χ1n) is 11.9. The van der Waals surface area contributed by atoms with Gasteiger partial charge in [-0.2, -0.15) is 0 Å². The highest BCUT2D eigenvalue weighted by atomic mass is 16.4. The molecule has 0 aliphatic carbocycles. The molecule has 7 nitrogen and oxygen atoms in total. The number of aryl methyl sites for hydroxylation is 1. The number of hydrogen-bond acceptors (Lipinski definition) is 3. The van der Waals surface area contributed by atoms with Crippen LogP contribution >= 0.6 is 0 Å². The van der Waals surface area contributed by atoms with Gasteiger partial charge in [0.2, 0.25) is 5.91 Å². The van der Waals surface area contributed by atoms with E-state index >= 15 is 0 Å². The van der Waals surface area contributed by atoms with Gasteiger partial charge in [0, 0.05) is 17.9 Å². The summed E-state index contributed by atoms with van der Waals surface area (Å²) in [4.78, 5) is 38.3. The van der Waals surface area contributed by atoms with Crippen molar-refractivity contribution >= 4 is 35.4 Å².